The first-order chi connectivity index (χ1) is 14.8. The molecule has 7 nitrogen and oxygen atoms in total. The Bertz CT molecular complexity index is 1150. The molecule has 0 bridgehead atoms. The first-order valence-corrected chi connectivity index (χ1v) is 10.7. The number of anilines is 2. The summed E-state index contributed by atoms with van der Waals surface area (Å²) >= 11 is 0. The quantitative estimate of drug-likeness (QED) is 0.573. The third-order valence-electron chi connectivity index (χ3n) is 4.42. The van der Waals surface area contributed by atoms with Gasteiger partial charge in [-0.1, -0.05) is 12.1 Å². The van der Waals surface area contributed by atoms with Crippen LogP contribution >= 0.6 is 0 Å². The van der Waals surface area contributed by atoms with Crippen LogP contribution < -0.4 is 19.1 Å². The highest BCUT2D eigenvalue weighted by Gasteiger charge is 2.21. The van der Waals surface area contributed by atoms with Crippen molar-refractivity contribution in [3.8, 4) is 11.5 Å². The summed E-state index contributed by atoms with van der Waals surface area (Å²) in [4.78, 5) is 12.1. The molecule has 1 amide bonds. The summed E-state index contributed by atoms with van der Waals surface area (Å²) < 4.78 is 50.2. The van der Waals surface area contributed by atoms with Crippen molar-refractivity contribution in [2.75, 3.05) is 30.4 Å². The number of nitrogens with zero attached hydrogens (tertiary/aromatic N) is 1. The Labute approximate surface area is 180 Å². The molecule has 0 fully saturated rings. The molecule has 0 unspecified atom stereocenters. The van der Waals surface area contributed by atoms with E-state index in [0.29, 0.717) is 22.9 Å². The maximum atomic E-state index is 13.1. The van der Waals surface area contributed by atoms with Crippen LogP contribution in [0.1, 0.15) is 0 Å². The van der Waals surface area contributed by atoms with Gasteiger partial charge >= 0.3 is 0 Å². The van der Waals surface area contributed by atoms with Gasteiger partial charge in [0.05, 0.1) is 23.4 Å². The van der Waals surface area contributed by atoms with E-state index in [1.165, 1.54) is 26.3 Å². The molecule has 1 N–H and O–H groups in total. The third-order valence-corrected chi connectivity index (χ3v) is 6.22. The van der Waals surface area contributed by atoms with Crippen molar-refractivity contribution >= 4 is 27.3 Å². The van der Waals surface area contributed by atoms with Crippen LogP contribution in [0.5, 0.6) is 11.5 Å². The predicted molar refractivity (Wildman–Crippen MR) is 116 cm³/mol. The van der Waals surface area contributed by atoms with E-state index >= 15 is 0 Å². The summed E-state index contributed by atoms with van der Waals surface area (Å²) in [7, 11) is -0.930. The lowest BCUT2D eigenvalue weighted by Crippen LogP contribution is -2.26. The first-order valence-electron chi connectivity index (χ1n) is 9.21. The molecule has 31 heavy (non-hydrogen) atoms. The van der Waals surface area contributed by atoms with Crippen molar-refractivity contribution in [3.05, 3.63) is 78.6 Å². The van der Waals surface area contributed by atoms with E-state index in [9.17, 15) is 17.6 Å². The predicted octanol–water partition coefficient (Wildman–Crippen LogP) is 3.68. The maximum absolute atomic E-state index is 13.1. The number of carbonyl (C=O) groups is 1. The van der Waals surface area contributed by atoms with Gasteiger partial charge < -0.3 is 14.8 Å². The van der Waals surface area contributed by atoms with E-state index < -0.39 is 15.8 Å². The van der Waals surface area contributed by atoms with Gasteiger partial charge in [-0.15, -0.1) is 0 Å². The topological polar surface area (TPSA) is 84.9 Å². The summed E-state index contributed by atoms with van der Waals surface area (Å²) in [6, 6.07) is 17.8. The van der Waals surface area contributed by atoms with Gasteiger partial charge in [-0.2, -0.15) is 0 Å². The normalized spacial score (nSPS) is 10.9. The fraction of sp³-hybridized carbons (Fsp3) is 0.136. The summed E-state index contributed by atoms with van der Waals surface area (Å²) in [6.07, 6.45) is 0. The summed E-state index contributed by atoms with van der Waals surface area (Å²) in [5.74, 6) is 0.0412. The molecule has 3 rings (SSSR count). The molecule has 0 heterocycles. The Morgan fingerprint density at radius 3 is 2.29 bits per heavy atom. The van der Waals surface area contributed by atoms with Crippen LogP contribution in [-0.4, -0.2) is 35.1 Å². The number of methoxy groups -OCH3 is 1. The first kappa shape index (κ1) is 22.1. The fourth-order valence-electron chi connectivity index (χ4n) is 2.74. The molecule has 0 aliphatic heterocycles. The van der Waals surface area contributed by atoms with Gasteiger partial charge in [0.15, 0.2) is 6.61 Å². The molecule has 0 spiro atoms. The van der Waals surface area contributed by atoms with Crippen molar-refractivity contribution in [2.24, 2.45) is 0 Å². The summed E-state index contributed by atoms with van der Waals surface area (Å²) in [5.41, 5.74) is 0.914. The number of rotatable bonds is 8. The molecule has 0 aliphatic carbocycles. The van der Waals surface area contributed by atoms with E-state index in [0.717, 1.165) is 16.4 Å². The number of carbonyl (C=O) groups excluding carboxylic acids is 1. The third kappa shape index (κ3) is 5.32. The number of amides is 1. The standard InChI is InChI=1S/C22H21FN2O5S/c1-25(31(27,28)19-13-7-16(23)8-14-19)17-9-11-18(12-10-17)30-15-22(26)24-20-5-3-4-6-21(20)29-2/h3-14H,15H2,1-2H3,(H,24,26). The Hall–Kier alpha value is -3.59. The van der Waals surface area contributed by atoms with Crippen LogP contribution in [0.15, 0.2) is 77.7 Å². The van der Waals surface area contributed by atoms with Crippen LogP contribution in [0.2, 0.25) is 0 Å². The number of para-hydroxylation sites is 2. The smallest absolute Gasteiger partial charge is 0.264 e. The van der Waals surface area contributed by atoms with Crippen molar-refractivity contribution in [2.45, 2.75) is 4.90 Å². The molecule has 0 radical (unpaired) electrons. The van der Waals surface area contributed by atoms with Crippen molar-refractivity contribution < 1.29 is 27.1 Å². The Morgan fingerprint density at radius 2 is 1.65 bits per heavy atom. The molecule has 3 aromatic rings. The monoisotopic (exact) mass is 444 g/mol. The van der Waals surface area contributed by atoms with Crippen molar-refractivity contribution in [3.63, 3.8) is 0 Å². The number of ether oxygens (including phenoxy) is 2. The van der Waals surface area contributed by atoms with Crippen LogP contribution in [0, 0.1) is 5.82 Å². The van der Waals surface area contributed by atoms with Gasteiger partial charge in [0.1, 0.15) is 17.3 Å². The minimum absolute atomic E-state index is 0.0234. The Morgan fingerprint density at radius 1 is 1.00 bits per heavy atom. The van der Waals surface area contributed by atoms with Gasteiger partial charge in [-0.05, 0) is 60.7 Å². The van der Waals surface area contributed by atoms with E-state index in [-0.39, 0.29) is 17.4 Å². The second-order valence-electron chi connectivity index (χ2n) is 6.46. The average molecular weight is 444 g/mol. The Kier molecular flexibility index (Phi) is 6.76. The molecule has 0 atom stereocenters. The summed E-state index contributed by atoms with van der Waals surface area (Å²) in [5, 5.41) is 2.70. The molecule has 9 heteroatoms. The Balaban J connectivity index is 1.62. The molecule has 3 aromatic carbocycles. The van der Waals surface area contributed by atoms with E-state index in [1.54, 1.807) is 48.5 Å². The molecule has 162 valence electrons. The molecular formula is C22H21FN2O5S. The highest BCUT2D eigenvalue weighted by Crippen LogP contribution is 2.25. The van der Waals surface area contributed by atoms with Crippen LogP contribution in [-0.2, 0) is 14.8 Å². The van der Waals surface area contributed by atoms with E-state index in [1.807, 2.05) is 0 Å². The number of hydrogen-bond acceptors (Lipinski definition) is 5. The second-order valence-corrected chi connectivity index (χ2v) is 8.43. The lowest BCUT2D eigenvalue weighted by molar-refractivity contribution is -0.118. The van der Waals surface area contributed by atoms with Crippen LogP contribution in [0.25, 0.3) is 0 Å². The lowest BCUT2D eigenvalue weighted by Gasteiger charge is -2.20. The minimum atomic E-state index is -3.84. The number of halogens is 1. The number of benzene rings is 3. The number of hydrogen-bond donors (Lipinski definition) is 1. The van der Waals surface area contributed by atoms with Gasteiger partial charge in [0, 0.05) is 7.05 Å². The van der Waals surface area contributed by atoms with Gasteiger partial charge in [0.25, 0.3) is 15.9 Å². The van der Waals surface area contributed by atoms with Crippen molar-refractivity contribution in [1.29, 1.82) is 0 Å². The van der Waals surface area contributed by atoms with Crippen LogP contribution in [0.4, 0.5) is 15.8 Å². The zero-order valence-electron chi connectivity index (χ0n) is 16.9. The highest BCUT2D eigenvalue weighted by atomic mass is 32.2. The van der Waals surface area contributed by atoms with Gasteiger partial charge in [-0.25, -0.2) is 12.8 Å². The average Bonchev–Trinajstić information content (AvgIpc) is 2.78. The molecular weight excluding hydrogens is 423 g/mol. The second kappa shape index (κ2) is 9.48. The summed E-state index contributed by atoms with van der Waals surface area (Å²) in [6.45, 7) is -0.235. The molecule has 0 saturated heterocycles. The maximum Gasteiger partial charge on any atom is 0.264 e. The van der Waals surface area contributed by atoms with Crippen LogP contribution in [0.3, 0.4) is 0 Å². The largest absolute Gasteiger partial charge is 0.495 e. The zero-order valence-corrected chi connectivity index (χ0v) is 17.7. The fourth-order valence-corrected chi connectivity index (χ4v) is 3.93. The minimum Gasteiger partial charge on any atom is -0.495 e. The molecule has 0 aliphatic rings. The molecule has 0 aromatic heterocycles. The lowest BCUT2D eigenvalue weighted by atomic mass is 10.3. The molecule has 0 saturated carbocycles. The van der Waals surface area contributed by atoms with Gasteiger partial charge in [0.2, 0.25) is 0 Å². The van der Waals surface area contributed by atoms with E-state index in [2.05, 4.69) is 5.32 Å². The number of sulfonamides is 1. The highest BCUT2D eigenvalue weighted by molar-refractivity contribution is 7.92. The van der Waals surface area contributed by atoms with E-state index in [4.69, 9.17) is 9.47 Å². The number of nitrogens with one attached hydrogen (secondary N) is 1. The SMILES string of the molecule is COc1ccccc1NC(=O)COc1ccc(N(C)S(=O)(=O)c2ccc(F)cc2)cc1. The van der Waals surface area contributed by atoms with Crippen molar-refractivity contribution in [1.82, 2.24) is 0 Å². The van der Waals surface area contributed by atoms with Gasteiger partial charge in [-0.3, -0.25) is 9.10 Å². The zero-order chi connectivity index (χ0) is 22.4.